The Bertz CT molecular complexity index is 574. The highest BCUT2D eigenvalue weighted by Gasteiger charge is 2.32. The van der Waals surface area contributed by atoms with Gasteiger partial charge in [0, 0.05) is 18.4 Å². The first-order valence-electron chi connectivity index (χ1n) is 7.25. The van der Waals surface area contributed by atoms with Gasteiger partial charge in [-0.3, -0.25) is 4.90 Å². The Kier molecular flexibility index (Phi) is 5.24. The maximum atomic E-state index is 11.4. The van der Waals surface area contributed by atoms with Crippen molar-refractivity contribution < 1.29 is 13.2 Å². The molecular weight excluding hydrogens is 288 g/mol. The lowest BCUT2D eigenvalue weighted by molar-refractivity contribution is 0.111. The van der Waals surface area contributed by atoms with E-state index in [0.717, 1.165) is 17.9 Å². The molecule has 0 aromatic heterocycles. The Hall–Kier alpha value is -1.11. The Morgan fingerprint density at radius 3 is 2.76 bits per heavy atom. The van der Waals surface area contributed by atoms with E-state index < -0.39 is 9.84 Å². The van der Waals surface area contributed by atoms with Crippen molar-refractivity contribution in [3.05, 3.63) is 29.8 Å². The molecule has 1 aliphatic heterocycles. The highest BCUT2D eigenvalue weighted by atomic mass is 32.2. The van der Waals surface area contributed by atoms with Gasteiger partial charge in [0.1, 0.15) is 22.2 Å². The van der Waals surface area contributed by atoms with Gasteiger partial charge in [-0.05, 0) is 19.7 Å². The Labute approximate surface area is 127 Å². The number of rotatable bonds is 6. The van der Waals surface area contributed by atoms with Crippen molar-refractivity contribution in [1.82, 2.24) is 10.2 Å². The van der Waals surface area contributed by atoms with Gasteiger partial charge in [-0.15, -0.1) is 0 Å². The fourth-order valence-corrected chi connectivity index (χ4v) is 3.29. The molecule has 0 amide bonds. The minimum atomic E-state index is -2.95. The highest BCUT2D eigenvalue weighted by Crippen LogP contribution is 2.33. The summed E-state index contributed by atoms with van der Waals surface area (Å²) in [5, 5.41) is 3.50. The number of nitrogens with one attached hydrogen (secondary N) is 1. The molecule has 1 N–H and O–H groups in total. The number of fused-ring (bicyclic) bond motifs is 1. The van der Waals surface area contributed by atoms with Crippen molar-refractivity contribution in [3.63, 3.8) is 0 Å². The summed E-state index contributed by atoms with van der Waals surface area (Å²) in [6.07, 6.45) is 1.27. The first kappa shape index (κ1) is 16.3. The summed E-state index contributed by atoms with van der Waals surface area (Å²) < 4.78 is 28.5. The van der Waals surface area contributed by atoms with Crippen LogP contribution >= 0.6 is 0 Å². The molecule has 0 aliphatic carbocycles. The van der Waals surface area contributed by atoms with Crippen molar-refractivity contribution in [2.24, 2.45) is 0 Å². The van der Waals surface area contributed by atoms with Crippen LogP contribution in [-0.4, -0.2) is 58.1 Å². The molecule has 1 aromatic rings. The van der Waals surface area contributed by atoms with Gasteiger partial charge >= 0.3 is 0 Å². The molecule has 1 heterocycles. The summed E-state index contributed by atoms with van der Waals surface area (Å²) in [5.41, 5.74) is 1.14. The molecule has 2 rings (SSSR count). The summed E-state index contributed by atoms with van der Waals surface area (Å²) in [6.45, 7) is 4.01. The van der Waals surface area contributed by atoms with Crippen LogP contribution in [0.4, 0.5) is 0 Å². The molecule has 0 fully saturated rings. The van der Waals surface area contributed by atoms with Crippen LogP contribution in [0.15, 0.2) is 24.3 Å². The molecule has 21 heavy (non-hydrogen) atoms. The second-order valence-electron chi connectivity index (χ2n) is 5.56. The van der Waals surface area contributed by atoms with Gasteiger partial charge in [0.25, 0.3) is 0 Å². The topological polar surface area (TPSA) is 58.6 Å². The zero-order valence-corrected chi connectivity index (χ0v) is 13.7. The molecular formula is C15H24N2O3S. The maximum Gasteiger partial charge on any atom is 0.148 e. The van der Waals surface area contributed by atoms with E-state index in [1.807, 2.05) is 25.2 Å². The molecule has 0 saturated carbocycles. The molecule has 6 heteroatoms. The zero-order chi connectivity index (χ0) is 15.5. The van der Waals surface area contributed by atoms with E-state index in [1.54, 1.807) is 0 Å². The van der Waals surface area contributed by atoms with E-state index in [4.69, 9.17) is 4.74 Å². The summed E-state index contributed by atoms with van der Waals surface area (Å²) >= 11 is 0. The van der Waals surface area contributed by atoms with Gasteiger partial charge in [-0.25, -0.2) is 8.42 Å². The highest BCUT2D eigenvalue weighted by molar-refractivity contribution is 7.90. The van der Waals surface area contributed by atoms with Crippen LogP contribution in [0.3, 0.4) is 0 Å². The second-order valence-corrected chi connectivity index (χ2v) is 7.82. The predicted octanol–water partition coefficient (Wildman–Crippen LogP) is 1.07. The maximum absolute atomic E-state index is 11.4. The average molecular weight is 312 g/mol. The number of hydrogen-bond donors (Lipinski definition) is 1. The Morgan fingerprint density at radius 2 is 2.10 bits per heavy atom. The van der Waals surface area contributed by atoms with Crippen LogP contribution in [-0.2, 0) is 9.84 Å². The quantitative estimate of drug-likeness (QED) is 0.851. The van der Waals surface area contributed by atoms with E-state index >= 15 is 0 Å². The van der Waals surface area contributed by atoms with E-state index in [2.05, 4.69) is 23.2 Å². The lowest BCUT2D eigenvalue weighted by atomic mass is 9.95. The normalized spacial score (nSPS) is 21.9. The summed E-state index contributed by atoms with van der Waals surface area (Å²) in [4.78, 5) is 2.07. The summed E-state index contributed by atoms with van der Waals surface area (Å²) in [6, 6.07) is 8.30. The lowest BCUT2D eigenvalue weighted by Gasteiger charge is -2.39. The van der Waals surface area contributed by atoms with Crippen molar-refractivity contribution in [1.29, 1.82) is 0 Å². The summed E-state index contributed by atoms with van der Waals surface area (Å²) in [5.74, 6) is 1.08. The van der Waals surface area contributed by atoms with E-state index in [1.165, 1.54) is 6.26 Å². The molecule has 2 atom stereocenters. The van der Waals surface area contributed by atoms with Gasteiger partial charge in [-0.2, -0.15) is 0 Å². The third-order valence-electron chi connectivity index (χ3n) is 3.85. The number of benzene rings is 1. The van der Waals surface area contributed by atoms with Gasteiger partial charge in [0.2, 0.25) is 0 Å². The van der Waals surface area contributed by atoms with Crippen molar-refractivity contribution in [2.75, 3.05) is 38.8 Å². The molecule has 0 spiro atoms. The molecule has 1 aliphatic rings. The predicted molar refractivity (Wildman–Crippen MR) is 84.5 cm³/mol. The SMILES string of the molecule is CCNC1c2ccccc2OCC1N(C)CCS(C)(=O)=O. The molecule has 0 saturated heterocycles. The standard InChI is InChI=1S/C15H24N2O3S/c1-4-16-15-12-7-5-6-8-14(12)20-11-13(15)17(2)9-10-21(3,18)19/h5-8,13,15-16H,4,9-11H2,1-3H3. The molecule has 5 nitrogen and oxygen atoms in total. The zero-order valence-electron chi connectivity index (χ0n) is 12.9. The number of ether oxygens (including phenoxy) is 1. The van der Waals surface area contributed by atoms with E-state index in [9.17, 15) is 8.42 Å². The van der Waals surface area contributed by atoms with Crippen molar-refractivity contribution in [3.8, 4) is 5.75 Å². The van der Waals surface area contributed by atoms with Gasteiger partial charge in [0.05, 0.1) is 17.8 Å². The van der Waals surface area contributed by atoms with Crippen molar-refractivity contribution in [2.45, 2.75) is 19.0 Å². The van der Waals surface area contributed by atoms with Crippen LogP contribution in [0.2, 0.25) is 0 Å². The largest absolute Gasteiger partial charge is 0.492 e. The number of para-hydroxylation sites is 1. The molecule has 2 unspecified atom stereocenters. The smallest absolute Gasteiger partial charge is 0.148 e. The number of sulfone groups is 1. The first-order valence-corrected chi connectivity index (χ1v) is 9.31. The van der Waals surface area contributed by atoms with Crippen LogP contribution in [0.25, 0.3) is 0 Å². The third kappa shape index (κ3) is 4.18. The van der Waals surface area contributed by atoms with E-state index in [-0.39, 0.29) is 17.8 Å². The Balaban J connectivity index is 2.15. The molecule has 1 aromatic carbocycles. The number of likely N-dealkylation sites (N-methyl/N-ethyl adjacent to an activating group) is 2. The van der Waals surface area contributed by atoms with Crippen LogP contribution in [0, 0.1) is 0 Å². The van der Waals surface area contributed by atoms with E-state index in [0.29, 0.717) is 13.2 Å². The van der Waals surface area contributed by atoms with Gasteiger partial charge in [-0.1, -0.05) is 25.1 Å². The van der Waals surface area contributed by atoms with Crippen LogP contribution < -0.4 is 10.1 Å². The number of nitrogens with zero attached hydrogens (tertiary/aromatic N) is 1. The van der Waals surface area contributed by atoms with Gasteiger partial charge < -0.3 is 10.1 Å². The van der Waals surface area contributed by atoms with Crippen LogP contribution in [0.1, 0.15) is 18.5 Å². The fraction of sp³-hybridized carbons (Fsp3) is 0.600. The first-order chi connectivity index (χ1) is 9.92. The summed E-state index contributed by atoms with van der Waals surface area (Å²) in [7, 11) is -0.995. The monoisotopic (exact) mass is 312 g/mol. The number of hydrogen-bond acceptors (Lipinski definition) is 5. The lowest BCUT2D eigenvalue weighted by Crippen LogP contribution is -2.49. The van der Waals surface area contributed by atoms with Crippen molar-refractivity contribution >= 4 is 9.84 Å². The minimum Gasteiger partial charge on any atom is -0.492 e. The van der Waals surface area contributed by atoms with Gasteiger partial charge in [0.15, 0.2) is 0 Å². The Morgan fingerprint density at radius 1 is 1.38 bits per heavy atom. The fourth-order valence-electron chi connectivity index (χ4n) is 2.67. The molecule has 0 bridgehead atoms. The molecule has 118 valence electrons. The van der Waals surface area contributed by atoms with Crippen LogP contribution in [0.5, 0.6) is 5.75 Å². The minimum absolute atomic E-state index is 0.126. The second kappa shape index (κ2) is 6.77. The molecule has 0 radical (unpaired) electrons. The average Bonchev–Trinajstić information content (AvgIpc) is 2.44. The third-order valence-corrected chi connectivity index (χ3v) is 4.78.